The molecule has 0 aliphatic carbocycles. The maximum atomic E-state index is 10.4. The standard InChI is InChI=1S/C17H19ClN6O/c1-23(2)9-7-14-21-15-13(6-8-20-17(15)22-14)16(19)24(25)12-5-3-4-11(18)10-12/h3-6,8,10,19,25H,7,9H2,1-2H3,(H,20,21,22). The lowest BCUT2D eigenvalue weighted by molar-refractivity contribution is 0.312. The summed E-state index contributed by atoms with van der Waals surface area (Å²) in [6, 6.07) is 8.36. The Morgan fingerprint density at radius 3 is 2.84 bits per heavy atom. The van der Waals surface area contributed by atoms with E-state index >= 15 is 0 Å². The SMILES string of the molecule is CN(C)CCc1nc2nccc(C(=N)N(O)c3cccc(Cl)c3)c2[nH]1. The van der Waals surface area contributed by atoms with Crippen molar-refractivity contribution in [3.8, 4) is 0 Å². The topological polar surface area (TPSA) is 92.1 Å². The summed E-state index contributed by atoms with van der Waals surface area (Å²) < 4.78 is 0. The number of anilines is 1. The van der Waals surface area contributed by atoms with E-state index in [4.69, 9.17) is 17.0 Å². The first-order valence-corrected chi connectivity index (χ1v) is 8.15. The van der Waals surface area contributed by atoms with Gasteiger partial charge in [0.05, 0.1) is 11.2 Å². The van der Waals surface area contributed by atoms with Gasteiger partial charge in [-0.05, 0) is 38.4 Å². The van der Waals surface area contributed by atoms with Crippen LogP contribution in [-0.4, -0.2) is 51.5 Å². The first-order chi connectivity index (χ1) is 12.0. The molecule has 0 atom stereocenters. The second-order valence-corrected chi connectivity index (χ2v) is 6.37. The zero-order valence-corrected chi connectivity index (χ0v) is 14.7. The van der Waals surface area contributed by atoms with Crippen LogP contribution in [0.4, 0.5) is 5.69 Å². The lowest BCUT2D eigenvalue weighted by Gasteiger charge is -2.18. The fourth-order valence-corrected chi connectivity index (χ4v) is 2.64. The van der Waals surface area contributed by atoms with Crippen LogP contribution in [0.25, 0.3) is 11.2 Å². The van der Waals surface area contributed by atoms with Crippen LogP contribution in [-0.2, 0) is 6.42 Å². The molecule has 0 unspecified atom stereocenters. The normalized spacial score (nSPS) is 11.2. The minimum absolute atomic E-state index is 0.0857. The van der Waals surface area contributed by atoms with Crippen molar-refractivity contribution in [1.29, 1.82) is 5.41 Å². The van der Waals surface area contributed by atoms with Gasteiger partial charge in [0.1, 0.15) is 5.82 Å². The van der Waals surface area contributed by atoms with Crippen molar-refractivity contribution in [3.63, 3.8) is 0 Å². The third-order valence-corrected chi connectivity index (χ3v) is 3.99. The smallest absolute Gasteiger partial charge is 0.178 e. The number of likely N-dealkylation sites (N-methyl/N-ethyl adjacent to an activating group) is 1. The van der Waals surface area contributed by atoms with Crippen LogP contribution >= 0.6 is 11.6 Å². The van der Waals surface area contributed by atoms with Crippen LogP contribution in [0.2, 0.25) is 5.02 Å². The van der Waals surface area contributed by atoms with Gasteiger partial charge in [-0.2, -0.15) is 0 Å². The van der Waals surface area contributed by atoms with Crippen LogP contribution in [0.15, 0.2) is 36.5 Å². The summed E-state index contributed by atoms with van der Waals surface area (Å²) in [7, 11) is 3.99. The molecular weight excluding hydrogens is 340 g/mol. The summed E-state index contributed by atoms with van der Waals surface area (Å²) in [5, 5.41) is 20.0. The van der Waals surface area contributed by atoms with Crippen LogP contribution in [0.3, 0.4) is 0 Å². The molecule has 0 aliphatic heterocycles. The predicted molar refractivity (Wildman–Crippen MR) is 98.7 cm³/mol. The molecule has 0 saturated heterocycles. The van der Waals surface area contributed by atoms with Gasteiger partial charge in [-0.3, -0.25) is 10.6 Å². The Bertz CT molecular complexity index is 907. The third-order valence-electron chi connectivity index (χ3n) is 3.76. The molecular formula is C17H19ClN6O. The molecule has 0 aliphatic rings. The van der Waals surface area contributed by atoms with E-state index in [0.29, 0.717) is 27.4 Å². The van der Waals surface area contributed by atoms with E-state index in [1.165, 1.54) is 0 Å². The number of benzene rings is 1. The maximum absolute atomic E-state index is 10.4. The number of aromatic nitrogens is 3. The van der Waals surface area contributed by atoms with Crippen LogP contribution in [0, 0.1) is 5.41 Å². The maximum Gasteiger partial charge on any atom is 0.178 e. The number of nitrogens with one attached hydrogen (secondary N) is 2. The van der Waals surface area contributed by atoms with E-state index in [9.17, 15) is 5.21 Å². The molecule has 0 radical (unpaired) electrons. The highest BCUT2D eigenvalue weighted by atomic mass is 35.5. The Balaban J connectivity index is 1.93. The molecule has 0 amide bonds. The molecule has 3 rings (SSSR count). The monoisotopic (exact) mass is 358 g/mol. The quantitative estimate of drug-likeness (QED) is 0.370. The lowest BCUT2D eigenvalue weighted by Crippen LogP contribution is -2.27. The number of nitrogens with zero attached hydrogens (tertiary/aromatic N) is 4. The molecule has 0 bridgehead atoms. The van der Waals surface area contributed by atoms with Crippen molar-refractivity contribution < 1.29 is 5.21 Å². The Kier molecular flexibility index (Phi) is 4.98. The molecule has 2 aromatic heterocycles. The molecule has 3 N–H and O–H groups in total. The van der Waals surface area contributed by atoms with Crippen molar-refractivity contribution in [2.24, 2.45) is 0 Å². The highest BCUT2D eigenvalue weighted by Gasteiger charge is 2.17. The van der Waals surface area contributed by atoms with Crippen LogP contribution in [0.5, 0.6) is 0 Å². The Morgan fingerprint density at radius 1 is 1.32 bits per heavy atom. The fourth-order valence-electron chi connectivity index (χ4n) is 2.46. The van der Waals surface area contributed by atoms with Gasteiger partial charge in [-0.25, -0.2) is 15.0 Å². The molecule has 7 nitrogen and oxygen atoms in total. The number of amidine groups is 1. The average molecular weight is 359 g/mol. The van der Waals surface area contributed by atoms with Crippen molar-refractivity contribution in [2.75, 3.05) is 25.7 Å². The number of imidazole rings is 1. The summed E-state index contributed by atoms with van der Waals surface area (Å²) >= 11 is 5.96. The summed E-state index contributed by atoms with van der Waals surface area (Å²) in [6.07, 6.45) is 2.32. The Hall–Kier alpha value is -2.48. The summed E-state index contributed by atoms with van der Waals surface area (Å²) in [5.41, 5.74) is 2.07. The number of halogens is 1. The third kappa shape index (κ3) is 3.79. The molecule has 3 aromatic rings. The number of hydrogen-bond donors (Lipinski definition) is 3. The van der Waals surface area contributed by atoms with E-state index in [1.807, 2.05) is 14.1 Å². The van der Waals surface area contributed by atoms with Crippen LogP contribution in [0.1, 0.15) is 11.4 Å². The molecule has 130 valence electrons. The molecule has 2 heterocycles. The molecule has 25 heavy (non-hydrogen) atoms. The molecule has 0 spiro atoms. The number of rotatable bonds is 5. The lowest BCUT2D eigenvalue weighted by atomic mass is 10.2. The Labute approximate surface area is 150 Å². The van der Waals surface area contributed by atoms with E-state index in [0.717, 1.165) is 23.9 Å². The van der Waals surface area contributed by atoms with Gasteiger partial charge in [0.25, 0.3) is 0 Å². The highest BCUT2D eigenvalue weighted by Crippen LogP contribution is 2.22. The zero-order chi connectivity index (χ0) is 18.0. The van der Waals surface area contributed by atoms with E-state index in [-0.39, 0.29) is 5.84 Å². The van der Waals surface area contributed by atoms with Crippen LogP contribution < -0.4 is 5.06 Å². The number of H-pyrrole nitrogens is 1. The number of pyridine rings is 1. The predicted octanol–water partition coefficient (Wildman–Crippen LogP) is 2.94. The second-order valence-electron chi connectivity index (χ2n) is 5.93. The average Bonchev–Trinajstić information content (AvgIpc) is 3.01. The summed E-state index contributed by atoms with van der Waals surface area (Å²) in [6.45, 7) is 0.848. The van der Waals surface area contributed by atoms with E-state index in [1.54, 1.807) is 36.5 Å². The largest absolute Gasteiger partial charge is 0.340 e. The van der Waals surface area contributed by atoms with E-state index < -0.39 is 0 Å². The fraction of sp³-hybridized carbons (Fsp3) is 0.235. The van der Waals surface area contributed by atoms with E-state index in [2.05, 4.69) is 19.9 Å². The van der Waals surface area contributed by atoms with Crippen molar-refractivity contribution in [1.82, 2.24) is 19.9 Å². The highest BCUT2D eigenvalue weighted by molar-refractivity contribution is 6.31. The number of fused-ring (bicyclic) bond motifs is 1. The number of aromatic amines is 1. The molecule has 1 aromatic carbocycles. The minimum atomic E-state index is -0.0857. The minimum Gasteiger partial charge on any atom is -0.340 e. The van der Waals surface area contributed by atoms with Gasteiger partial charge in [0, 0.05) is 29.7 Å². The van der Waals surface area contributed by atoms with Gasteiger partial charge in [0.15, 0.2) is 11.5 Å². The first-order valence-electron chi connectivity index (χ1n) is 7.77. The van der Waals surface area contributed by atoms with Crippen molar-refractivity contribution in [2.45, 2.75) is 6.42 Å². The Morgan fingerprint density at radius 2 is 2.12 bits per heavy atom. The van der Waals surface area contributed by atoms with Crippen molar-refractivity contribution >= 4 is 34.3 Å². The molecule has 0 saturated carbocycles. The second kappa shape index (κ2) is 7.18. The van der Waals surface area contributed by atoms with Crippen molar-refractivity contribution in [3.05, 3.63) is 52.9 Å². The summed E-state index contributed by atoms with van der Waals surface area (Å²) in [5.74, 6) is 0.709. The van der Waals surface area contributed by atoms with Gasteiger partial charge >= 0.3 is 0 Å². The van der Waals surface area contributed by atoms with Gasteiger partial charge < -0.3 is 9.88 Å². The van der Waals surface area contributed by atoms with Gasteiger partial charge in [-0.15, -0.1) is 0 Å². The molecule has 0 fully saturated rings. The number of hydroxylamine groups is 1. The first kappa shape index (κ1) is 17.3. The summed E-state index contributed by atoms with van der Waals surface area (Å²) in [4.78, 5) is 14.0. The molecule has 8 heteroatoms. The zero-order valence-electron chi connectivity index (χ0n) is 14.0. The van der Waals surface area contributed by atoms with Gasteiger partial charge in [-0.1, -0.05) is 17.7 Å². The number of hydrogen-bond acceptors (Lipinski definition) is 5. The van der Waals surface area contributed by atoms with Gasteiger partial charge in [0.2, 0.25) is 0 Å².